The number of halogens is 1. The van der Waals surface area contributed by atoms with Gasteiger partial charge in [0.2, 0.25) is 0 Å². The highest BCUT2D eigenvalue weighted by Crippen LogP contribution is 2.46. The van der Waals surface area contributed by atoms with Gasteiger partial charge in [-0.25, -0.2) is 4.39 Å². The number of amides is 1. The highest BCUT2D eigenvalue weighted by molar-refractivity contribution is 5.97. The van der Waals surface area contributed by atoms with Crippen molar-refractivity contribution < 1.29 is 18.7 Å². The molecule has 31 heavy (non-hydrogen) atoms. The molecule has 0 bridgehead atoms. The van der Waals surface area contributed by atoms with Crippen molar-refractivity contribution in [3.05, 3.63) is 77.4 Å². The van der Waals surface area contributed by atoms with E-state index in [-0.39, 0.29) is 17.2 Å². The molecule has 156 valence electrons. The third kappa shape index (κ3) is 2.87. The highest BCUT2D eigenvalue weighted by Gasteiger charge is 2.45. The van der Waals surface area contributed by atoms with E-state index in [2.05, 4.69) is 6.07 Å². The summed E-state index contributed by atoms with van der Waals surface area (Å²) in [7, 11) is 1.36. The molecule has 6 nitrogen and oxygen atoms in total. The molecule has 2 aliphatic heterocycles. The Bertz CT molecular complexity index is 1220. The van der Waals surface area contributed by atoms with E-state index in [1.54, 1.807) is 17.0 Å². The van der Waals surface area contributed by atoms with Crippen LogP contribution in [-0.2, 0) is 5.60 Å². The molecule has 3 aromatic rings. The van der Waals surface area contributed by atoms with Crippen molar-refractivity contribution in [3.8, 4) is 23.3 Å². The van der Waals surface area contributed by atoms with Crippen molar-refractivity contribution in [1.29, 1.82) is 5.26 Å². The Hall–Kier alpha value is -3.79. The molecule has 2 aliphatic rings. The van der Waals surface area contributed by atoms with Gasteiger partial charge in [-0.1, -0.05) is 18.2 Å². The van der Waals surface area contributed by atoms with E-state index in [1.807, 2.05) is 34.9 Å². The first-order valence-corrected chi connectivity index (χ1v) is 10.1. The lowest BCUT2D eigenvalue weighted by Crippen LogP contribution is -2.50. The molecule has 0 unspecified atom stereocenters. The molecule has 0 saturated carbocycles. The minimum Gasteiger partial charge on any atom is -0.493 e. The molecule has 1 amide bonds. The SMILES string of the molecule is COc1c(F)cccc1C(=O)N1CCC2(CC1)Oc1ccccc1-n1c(C#N)ccc12. The molecule has 0 radical (unpaired) electrons. The number of nitrogens with zero attached hydrogens (tertiary/aromatic N) is 3. The lowest BCUT2D eigenvalue weighted by atomic mass is 9.86. The lowest BCUT2D eigenvalue weighted by Gasteiger charge is -2.45. The number of aromatic nitrogens is 1. The van der Waals surface area contributed by atoms with Crippen molar-refractivity contribution in [1.82, 2.24) is 9.47 Å². The van der Waals surface area contributed by atoms with Crippen LogP contribution in [0.3, 0.4) is 0 Å². The molecule has 1 spiro atoms. The number of methoxy groups -OCH3 is 1. The average molecular weight is 417 g/mol. The van der Waals surface area contributed by atoms with Crippen LogP contribution in [-0.4, -0.2) is 35.6 Å². The molecule has 0 atom stereocenters. The molecule has 0 aliphatic carbocycles. The van der Waals surface area contributed by atoms with Gasteiger partial charge in [0, 0.05) is 25.9 Å². The Balaban J connectivity index is 1.46. The minimum atomic E-state index is -0.633. The molecular formula is C24H20FN3O3. The zero-order chi connectivity index (χ0) is 21.6. The van der Waals surface area contributed by atoms with Gasteiger partial charge >= 0.3 is 0 Å². The van der Waals surface area contributed by atoms with Crippen LogP contribution in [0.1, 0.15) is 34.6 Å². The third-order valence-electron chi connectivity index (χ3n) is 6.13. The Morgan fingerprint density at radius 2 is 1.90 bits per heavy atom. The lowest BCUT2D eigenvalue weighted by molar-refractivity contribution is -0.00945. The standard InChI is InChI=1S/C24H20FN3O3/c1-30-22-17(5-4-6-18(22)25)23(29)27-13-11-24(12-14-27)21-10-9-16(15-26)28(21)19-7-2-3-8-20(19)31-24/h2-10H,11-14H2,1H3. The van der Waals surface area contributed by atoms with Gasteiger partial charge in [-0.15, -0.1) is 0 Å². The summed E-state index contributed by atoms with van der Waals surface area (Å²) in [6.07, 6.45) is 1.11. The van der Waals surface area contributed by atoms with Gasteiger partial charge in [-0.05, 0) is 36.4 Å². The summed E-state index contributed by atoms with van der Waals surface area (Å²) < 4.78 is 27.6. The quantitative estimate of drug-likeness (QED) is 0.632. The van der Waals surface area contributed by atoms with Gasteiger partial charge in [-0.2, -0.15) is 5.26 Å². The highest BCUT2D eigenvalue weighted by atomic mass is 19.1. The van der Waals surface area contributed by atoms with E-state index in [0.717, 1.165) is 11.4 Å². The fourth-order valence-electron chi connectivity index (χ4n) is 4.61. The number of benzene rings is 2. The fourth-order valence-corrected chi connectivity index (χ4v) is 4.61. The van der Waals surface area contributed by atoms with Crippen LogP contribution in [0.15, 0.2) is 54.6 Å². The number of hydrogen-bond donors (Lipinski definition) is 0. The Morgan fingerprint density at radius 3 is 2.65 bits per heavy atom. The summed E-state index contributed by atoms with van der Waals surface area (Å²) in [6.45, 7) is 0.876. The van der Waals surface area contributed by atoms with E-state index >= 15 is 0 Å². The maximum atomic E-state index is 14.1. The molecule has 1 fully saturated rings. The Morgan fingerprint density at radius 1 is 1.13 bits per heavy atom. The maximum absolute atomic E-state index is 14.1. The second-order valence-corrected chi connectivity index (χ2v) is 7.73. The first-order chi connectivity index (χ1) is 15.1. The van der Waals surface area contributed by atoms with Crippen LogP contribution >= 0.6 is 0 Å². The first-order valence-electron chi connectivity index (χ1n) is 10.1. The molecule has 1 aromatic heterocycles. The van der Waals surface area contributed by atoms with Crippen LogP contribution in [0, 0.1) is 17.1 Å². The van der Waals surface area contributed by atoms with Gasteiger partial charge in [0.1, 0.15) is 17.5 Å². The number of rotatable bonds is 2. The van der Waals surface area contributed by atoms with Crippen LogP contribution in [0.25, 0.3) is 5.69 Å². The zero-order valence-electron chi connectivity index (χ0n) is 17.0. The number of para-hydroxylation sites is 3. The van der Waals surface area contributed by atoms with Crippen molar-refractivity contribution in [3.63, 3.8) is 0 Å². The van der Waals surface area contributed by atoms with Gasteiger partial charge in [0.05, 0.1) is 24.1 Å². The van der Waals surface area contributed by atoms with Gasteiger partial charge in [0.15, 0.2) is 17.2 Å². The topological polar surface area (TPSA) is 67.5 Å². The number of piperidine rings is 1. The smallest absolute Gasteiger partial charge is 0.257 e. The normalized spacial score (nSPS) is 16.1. The van der Waals surface area contributed by atoms with Gasteiger partial charge in [-0.3, -0.25) is 9.36 Å². The number of carbonyl (C=O) groups excluding carboxylic acids is 1. The predicted molar refractivity (Wildman–Crippen MR) is 111 cm³/mol. The van der Waals surface area contributed by atoms with Crippen molar-refractivity contribution in [2.24, 2.45) is 0 Å². The van der Waals surface area contributed by atoms with Crippen molar-refractivity contribution in [2.75, 3.05) is 20.2 Å². The first kappa shape index (κ1) is 19.2. The number of hydrogen-bond acceptors (Lipinski definition) is 4. The fraction of sp³-hybridized carbons (Fsp3) is 0.250. The van der Waals surface area contributed by atoms with E-state index in [1.165, 1.54) is 19.2 Å². The Labute approximate surface area is 179 Å². The van der Waals surface area contributed by atoms with Crippen molar-refractivity contribution in [2.45, 2.75) is 18.4 Å². The molecule has 2 aromatic carbocycles. The molecule has 0 N–H and O–H groups in total. The second kappa shape index (κ2) is 7.17. The molecule has 7 heteroatoms. The van der Waals surface area contributed by atoms with Gasteiger partial charge in [0.25, 0.3) is 5.91 Å². The number of ether oxygens (including phenoxy) is 2. The predicted octanol–water partition coefficient (Wildman–Crippen LogP) is 4.02. The molecular weight excluding hydrogens is 397 g/mol. The number of fused-ring (bicyclic) bond motifs is 4. The summed E-state index contributed by atoms with van der Waals surface area (Å²) in [5, 5.41) is 9.60. The summed E-state index contributed by atoms with van der Waals surface area (Å²) in [5.41, 5.74) is 1.88. The molecule has 3 heterocycles. The van der Waals surface area contributed by atoms with E-state index in [4.69, 9.17) is 9.47 Å². The van der Waals surface area contributed by atoms with Crippen LogP contribution < -0.4 is 9.47 Å². The summed E-state index contributed by atoms with van der Waals surface area (Å²) in [4.78, 5) is 14.8. The largest absolute Gasteiger partial charge is 0.493 e. The average Bonchev–Trinajstić information content (AvgIpc) is 3.25. The zero-order valence-corrected chi connectivity index (χ0v) is 17.0. The van der Waals surface area contributed by atoms with E-state index in [0.29, 0.717) is 37.4 Å². The van der Waals surface area contributed by atoms with Gasteiger partial charge < -0.3 is 14.4 Å². The molecule has 1 saturated heterocycles. The Kier molecular flexibility index (Phi) is 4.44. The monoisotopic (exact) mass is 417 g/mol. The van der Waals surface area contributed by atoms with Crippen LogP contribution in [0.2, 0.25) is 0 Å². The number of likely N-dealkylation sites (tertiary alicyclic amines) is 1. The number of nitriles is 1. The summed E-state index contributed by atoms with van der Waals surface area (Å²) >= 11 is 0. The summed E-state index contributed by atoms with van der Waals surface area (Å²) in [5.74, 6) is -0.149. The number of carbonyl (C=O) groups is 1. The van der Waals surface area contributed by atoms with Crippen LogP contribution in [0.4, 0.5) is 4.39 Å². The summed E-state index contributed by atoms with van der Waals surface area (Å²) in [6, 6.07) is 18.0. The van der Waals surface area contributed by atoms with E-state index in [9.17, 15) is 14.4 Å². The molecule has 5 rings (SSSR count). The van der Waals surface area contributed by atoms with Crippen molar-refractivity contribution >= 4 is 5.91 Å². The van der Waals surface area contributed by atoms with Crippen LogP contribution in [0.5, 0.6) is 11.5 Å². The maximum Gasteiger partial charge on any atom is 0.257 e. The third-order valence-corrected chi connectivity index (χ3v) is 6.13. The minimum absolute atomic E-state index is 0.0387. The van der Waals surface area contributed by atoms with E-state index < -0.39 is 11.4 Å². The second-order valence-electron chi connectivity index (χ2n) is 7.73.